The number of fused-ring (bicyclic) bond motifs is 1. The Labute approximate surface area is 124 Å². The molecule has 4 heteroatoms. The van der Waals surface area contributed by atoms with E-state index in [1.165, 1.54) is 0 Å². The Bertz CT molecular complexity index is 732. The van der Waals surface area contributed by atoms with Gasteiger partial charge in [-0.25, -0.2) is 0 Å². The summed E-state index contributed by atoms with van der Waals surface area (Å²) in [6, 6.07) is 13.9. The van der Waals surface area contributed by atoms with Crippen LogP contribution < -0.4 is 4.90 Å². The van der Waals surface area contributed by atoms with Gasteiger partial charge in [-0.05, 0) is 18.6 Å². The molecule has 1 saturated heterocycles. The average molecular weight is 279 g/mol. The molecule has 3 rings (SSSR count). The largest absolute Gasteiger partial charge is 0.362 e. The van der Waals surface area contributed by atoms with Gasteiger partial charge in [0.05, 0.1) is 18.2 Å². The van der Waals surface area contributed by atoms with Crippen LogP contribution >= 0.6 is 0 Å². The molecule has 4 nitrogen and oxygen atoms in total. The lowest BCUT2D eigenvalue weighted by molar-refractivity contribution is -0.127. The van der Waals surface area contributed by atoms with E-state index in [2.05, 4.69) is 11.0 Å². The van der Waals surface area contributed by atoms with Crippen molar-refractivity contribution in [3.05, 3.63) is 42.0 Å². The molecule has 0 bridgehead atoms. The lowest BCUT2D eigenvalue weighted by atomic mass is 10.0. The number of amides is 1. The van der Waals surface area contributed by atoms with Crippen molar-refractivity contribution in [1.29, 1.82) is 5.26 Å². The fourth-order valence-corrected chi connectivity index (χ4v) is 2.85. The zero-order valence-electron chi connectivity index (χ0n) is 12.0. The molecule has 2 aromatic rings. The van der Waals surface area contributed by atoms with Crippen LogP contribution in [0.15, 0.2) is 36.4 Å². The minimum Gasteiger partial charge on any atom is -0.362 e. The number of rotatable bonds is 1. The molecule has 0 unspecified atom stereocenters. The van der Waals surface area contributed by atoms with E-state index in [4.69, 9.17) is 0 Å². The quantitative estimate of drug-likeness (QED) is 0.805. The highest BCUT2D eigenvalue weighted by atomic mass is 16.2. The third-order valence-corrected chi connectivity index (χ3v) is 4.04. The Morgan fingerprint density at radius 1 is 1.10 bits per heavy atom. The van der Waals surface area contributed by atoms with Crippen LogP contribution in [0.2, 0.25) is 0 Å². The monoisotopic (exact) mass is 279 g/mol. The second-order valence-corrected chi connectivity index (χ2v) is 5.38. The van der Waals surface area contributed by atoms with E-state index in [1.54, 1.807) is 4.90 Å². The molecular weight excluding hydrogens is 262 g/mol. The molecule has 0 N–H and O–H groups in total. The number of carbonyl (C=O) groups excluding carboxylic acids is 1. The van der Waals surface area contributed by atoms with Crippen LogP contribution in [-0.4, -0.2) is 37.5 Å². The summed E-state index contributed by atoms with van der Waals surface area (Å²) in [5.74, 6) is 0.140. The fourth-order valence-electron chi connectivity index (χ4n) is 2.85. The van der Waals surface area contributed by atoms with Crippen molar-refractivity contribution in [2.24, 2.45) is 0 Å². The summed E-state index contributed by atoms with van der Waals surface area (Å²) in [7, 11) is 1.85. The predicted molar refractivity (Wildman–Crippen MR) is 83.1 cm³/mol. The maximum absolute atomic E-state index is 12.1. The van der Waals surface area contributed by atoms with Crippen LogP contribution in [0, 0.1) is 11.3 Å². The summed E-state index contributed by atoms with van der Waals surface area (Å²) in [6.07, 6.45) is 0.955. The molecule has 0 atom stereocenters. The predicted octanol–water partition coefficient (Wildman–Crippen LogP) is 2.38. The van der Waals surface area contributed by atoms with Crippen LogP contribution in [-0.2, 0) is 4.79 Å². The molecule has 106 valence electrons. The summed E-state index contributed by atoms with van der Waals surface area (Å²) in [5.41, 5.74) is 1.71. The van der Waals surface area contributed by atoms with E-state index in [0.717, 1.165) is 36.0 Å². The highest BCUT2D eigenvalue weighted by molar-refractivity contribution is 5.99. The molecular formula is C17H17N3O. The zero-order valence-corrected chi connectivity index (χ0v) is 12.0. The summed E-state index contributed by atoms with van der Waals surface area (Å²) in [6.45, 7) is 2.04. The van der Waals surface area contributed by atoms with Crippen LogP contribution in [0.4, 0.5) is 5.69 Å². The third kappa shape index (κ3) is 2.43. The number of anilines is 1. The van der Waals surface area contributed by atoms with E-state index in [1.807, 2.05) is 43.4 Å². The molecule has 21 heavy (non-hydrogen) atoms. The van der Waals surface area contributed by atoms with Gasteiger partial charge in [-0.2, -0.15) is 5.26 Å². The van der Waals surface area contributed by atoms with Crippen LogP contribution in [0.3, 0.4) is 0 Å². The lowest BCUT2D eigenvalue weighted by Gasteiger charge is -2.24. The summed E-state index contributed by atoms with van der Waals surface area (Å²) in [5, 5.41) is 11.2. The molecule has 1 aliphatic heterocycles. The van der Waals surface area contributed by atoms with Gasteiger partial charge in [-0.15, -0.1) is 0 Å². The Morgan fingerprint density at radius 3 is 2.62 bits per heavy atom. The van der Waals surface area contributed by atoms with Crippen molar-refractivity contribution in [2.45, 2.75) is 6.42 Å². The summed E-state index contributed by atoms with van der Waals surface area (Å²) in [4.78, 5) is 16.0. The minimum atomic E-state index is 0.140. The SMILES string of the molecule is CN1CCCN(c2ccc(C#N)c3ccccc23)CC1=O. The first-order valence-corrected chi connectivity index (χ1v) is 7.11. The second-order valence-electron chi connectivity index (χ2n) is 5.38. The van der Waals surface area contributed by atoms with Gasteiger partial charge in [-0.1, -0.05) is 24.3 Å². The molecule has 0 radical (unpaired) electrons. The number of hydrogen-bond donors (Lipinski definition) is 0. The highest BCUT2D eigenvalue weighted by Crippen LogP contribution is 2.30. The zero-order chi connectivity index (χ0) is 14.8. The Morgan fingerprint density at radius 2 is 1.86 bits per heavy atom. The van der Waals surface area contributed by atoms with Crippen molar-refractivity contribution in [1.82, 2.24) is 4.90 Å². The molecule has 1 heterocycles. The van der Waals surface area contributed by atoms with Crippen LogP contribution in [0.1, 0.15) is 12.0 Å². The van der Waals surface area contributed by atoms with Gasteiger partial charge in [-0.3, -0.25) is 4.79 Å². The first-order valence-electron chi connectivity index (χ1n) is 7.11. The summed E-state index contributed by atoms with van der Waals surface area (Å²) < 4.78 is 0. The van der Waals surface area contributed by atoms with Gasteiger partial charge in [0.15, 0.2) is 0 Å². The minimum absolute atomic E-state index is 0.140. The first kappa shape index (κ1) is 13.4. The Balaban J connectivity index is 2.09. The first-order chi connectivity index (χ1) is 10.2. The molecule has 0 saturated carbocycles. The van der Waals surface area contributed by atoms with Crippen molar-refractivity contribution in [2.75, 3.05) is 31.6 Å². The van der Waals surface area contributed by atoms with Crippen molar-refractivity contribution in [3.63, 3.8) is 0 Å². The van der Waals surface area contributed by atoms with E-state index < -0.39 is 0 Å². The van der Waals surface area contributed by atoms with Crippen LogP contribution in [0.5, 0.6) is 0 Å². The van der Waals surface area contributed by atoms with Gasteiger partial charge in [0.2, 0.25) is 5.91 Å². The van der Waals surface area contributed by atoms with Gasteiger partial charge >= 0.3 is 0 Å². The molecule has 1 amide bonds. The average Bonchev–Trinajstić information content (AvgIpc) is 2.68. The number of carbonyl (C=O) groups is 1. The second kappa shape index (κ2) is 5.45. The van der Waals surface area contributed by atoms with Gasteiger partial charge in [0.1, 0.15) is 0 Å². The number of nitrogens with zero attached hydrogens (tertiary/aromatic N) is 3. The van der Waals surface area contributed by atoms with Gasteiger partial charge in [0.25, 0.3) is 0 Å². The standard InChI is InChI=1S/C17H17N3O/c1-19-9-4-10-20(12-17(19)21)16-8-7-13(11-18)14-5-2-3-6-15(14)16/h2-3,5-8H,4,9-10,12H2,1H3. The number of likely N-dealkylation sites (N-methyl/N-ethyl adjacent to an activating group) is 1. The van der Waals surface area contributed by atoms with E-state index >= 15 is 0 Å². The van der Waals surface area contributed by atoms with Crippen LogP contribution in [0.25, 0.3) is 10.8 Å². The maximum Gasteiger partial charge on any atom is 0.241 e. The highest BCUT2D eigenvalue weighted by Gasteiger charge is 2.20. The third-order valence-electron chi connectivity index (χ3n) is 4.04. The molecule has 0 aliphatic carbocycles. The Hall–Kier alpha value is -2.54. The number of nitriles is 1. The lowest BCUT2D eigenvalue weighted by Crippen LogP contribution is -2.34. The number of hydrogen-bond acceptors (Lipinski definition) is 3. The molecule has 1 aliphatic rings. The van der Waals surface area contributed by atoms with Crippen molar-refractivity contribution in [3.8, 4) is 6.07 Å². The van der Waals surface area contributed by atoms with E-state index in [0.29, 0.717) is 12.1 Å². The maximum atomic E-state index is 12.1. The fraction of sp³-hybridized carbons (Fsp3) is 0.294. The molecule has 2 aromatic carbocycles. The van der Waals surface area contributed by atoms with Crippen molar-refractivity contribution >= 4 is 22.4 Å². The van der Waals surface area contributed by atoms with E-state index in [-0.39, 0.29) is 5.91 Å². The molecule has 0 aromatic heterocycles. The number of benzene rings is 2. The smallest absolute Gasteiger partial charge is 0.241 e. The topological polar surface area (TPSA) is 47.3 Å². The molecule has 0 spiro atoms. The molecule has 1 fully saturated rings. The Kier molecular flexibility index (Phi) is 3.49. The van der Waals surface area contributed by atoms with E-state index in [9.17, 15) is 10.1 Å². The van der Waals surface area contributed by atoms with Gasteiger partial charge in [0, 0.05) is 36.6 Å². The van der Waals surface area contributed by atoms with Gasteiger partial charge < -0.3 is 9.80 Å². The normalized spacial score (nSPS) is 15.9. The summed E-state index contributed by atoms with van der Waals surface area (Å²) >= 11 is 0. The van der Waals surface area contributed by atoms with Crippen molar-refractivity contribution < 1.29 is 4.79 Å².